The first-order valence-corrected chi connectivity index (χ1v) is 9.09. The number of carbonyl (C=O) groups is 1. The van der Waals surface area contributed by atoms with Crippen LogP contribution in [0.1, 0.15) is 27.8 Å². The first kappa shape index (κ1) is 18.7. The molecule has 0 radical (unpaired) electrons. The largest absolute Gasteiger partial charge is 0.497 e. The number of fused-ring (bicyclic) bond motifs is 1. The minimum absolute atomic E-state index is 0.134. The van der Waals surface area contributed by atoms with Gasteiger partial charge in [0.2, 0.25) is 0 Å². The topological polar surface area (TPSA) is 63.7 Å². The summed E-state index contributed by atoms with van der Waals surface area (Å²) in [7, 11) is 3.16. The Bertz CT molecular complexity index is 1020. The molecule has 4 rings (SSSR count). The van der Waals surface area contributed by atoms with Crippen molar-refractivity contribution in [1.82, 2.24) is 9.88 Å². The predicted molar refractivity (Wildman–Crippen MR) is 106 cm³/mol. The molecule has 3 aromatic rings. The van der Waals surface area contributed by atoms with E-state index in [4.69, 9.17) is 9.47 Å². The van der Waals surface area contributed by atoms with Gasteiger partial charge in [-0.2, -0.15) is 0 Å². The molecule has 0 saturated carbocycles. The average Bonchev–Trinajstić information content (AvgIpc) is 3.01. The maximum absolute atomic E-state index is 13.3. The second kappa shape index (κ2) is 7.79. The summed E-state index contributed by atoms with van der Waals surface area (Å²) in [5.74, 6) is 0.805. The molecule has 1 atom stereocenters. The van der Waals surface area contributed by atoms with Crippen molar-refractivity contribution in [2.24, 2.45) is 0 Å². The Morgan fingerprint density at radius 2 is 1.76 bits per heavy atom. The summed E-state index contributed by atoms with van der Waals surface area (Å²) in [4.78, 5) is 19.1. The number of carbonyl (C=O) groups excluding carboxylic acids is 1. The van der Waals surface area contributed by atoms with Crippen molar-refractivity contribution in [1.29, 1.82) is 0 Å². The highest BCUT2D eigenvalue weighted by Gasteiger charge is 2.38. The first-order chi connectivity index (χ1) is 14.1. The van der Waals surface area contributed by atoms with Crippen LogP contribution < -0.4 is 14.8 Å². The van der Waals surface area contributed by atoms with Crippen LogP contribution in [-0.2, 0) is 6.54 Å². The number of nitrogens with zero attached hydrogens (tertiary/aromatic N) is 2. The molecule has 7 heteroatoms. The van der Waals surface area contributed by atoms with E-state index in [-0.39, 0.29) is 11.7 Å². The normalized spacial score (nSPS) is 15.2. The molecule has 29 heavy (non-hydrogen) atoms. The summed E-state index contributed by atoms with van der Waals surface area (Å²) in [5.41, 5.74) is 2.73. The molecule has 1 N–H and O–H groups in total. The Morgan fingerprint density at radius 3 is 2.41 bits per heavy atom. The highest BCUT2D eigenvalue weighted by Crippen LogP contribution is 2.36. The van der Waals surface area contributed by atoms with Gasteiger partial charge in [0.1, 0.15) is 23.5 Å². The molecular formula is C22H20FN3O3. The molecule has 0 unspecified atom stereocenters. The van der Waals surface area contributed by atoms with Gasteiger partial charge in [0.25, 0.3) is 5.91 Å². The number of rotatable bonds is 6. The van der Waals surface area contributed by atoms with Crippen molar-refractivity contribution >= 4 is 11.6 Å². The van der Waals surface area contributed by atoms with Gasteiger partial charge < -0.3 is 19.7 Å². The Labute approximate surface area is 167 Å². The van der Waals surface area contributed by atoms with E-state index < -0.39 is 6.17 Å². The SMILES string of the molecule is COc1cc(N[C@@H]2c3ncccc3C(=O)N2Cc2ccc(F)cc2)cc(OC)c1. The van der Waals surface area contributed by atoms with Gasteiger partial charge in [-0.3, -0.25) is 9.78 Å². The molecule has 0 bridgehead atoms. The fourth-order valence-corrected chi connectivity index (χ4v) is 3.38. The predicted octanol–water partition coefficient (Wildman–Crippen LogP) is 4.00. The van der Waals surface area contributed by atoms with Crippen molar-refractivity contribution in [2.75, 3.05) is 19.5 Å². The van der Waals surface area contributed by atoms with Crippen molar-refractivity contribution in [3.05, 3.63) is 83.4 Å². The van der Waals surface area contributed by atoms with Crippen LogP contribution >= 0.6 is 0 Å². The third-order valence-electron chi connectivity index (χ3n) is 4.82. The third kappa shape index (κ3) is 3.71. The zero-order valence-electron chi connectivity index (χ0n) is 16.1. The molecule has 0 spiro atoms. The maximum Gasteiger partial charge on any atom is 0.258 e. The van der Waals surface area contributed by atoms with Crippen LogP contribution in [0.4, 0.5) is 10.1 Å². The number of amides is 1. The van der Waals surface area contributed by atoms with Crippen LogP contribution in [0.15, 0.2) is 60.8 Å². The minimum atomic E-state index is -0.486. The lowest BCUT2D eigenvalue weighted by atomic mass is 10.2. The number of nitrogens with one attached hydrogen (secondary N) is 1. The monoisotopic (exact) mass is 393 g/mol. The number of hydrogen-bond donors (Lipinski definition) is 1. The molecule has 0 saturated heterocycles. The summed E-state index contributed by atoms with van der Waals surface area (Å²) in [6, 6.07) is 15.0. The summed E-state index contributed by atoms with van der Waals surface area (Å²) in [6.07, 6.45) is 1.18. The molecule has 2 heterocycles. The number of halogens is 1. The van der Waals surface area contributed by atoms with Gasteiger partial charge >= 0.3 is 0 Å². The maximum atomic E-state index is 13.3. The van der Waals surface area contributed by atoms with Crippen LogP contribution in [0.5, 0.6) is 11.5 Å². The molecule has 2 aromatic carbocycles. The van der Waals surface area contributed by atoms with E-state index in [1.807, 2.05) is 12.1 Å². The lowest BCUT2D eigenvalue weighted by Gasteiger charge is -2.27. The number of ether oxygens (including phenoxy) is 2. The Balaban J connectivity index is 1.69. The molecular weight excluding hydrogens is 373 g/mol. The second-order valence-corrected chi connectivity index (χ2v) is 6.64. The summed E-state index contributed by atoms with van der Waals surface area (Å²) in [5, 5.41) is 3.37. The third-order valence-corrected chi connectivity index (χ3v) is 4.82. The minimum Gasteiger partial charge on any atom is -0.497 e. The van der Waals surface area contributed by atoms with Crippen LogP contribution in [0.3, 0.4) is 0 Å². The van der Waals surface area contributed by atoms with E-state index in [0.29, 0.717) is 29.3 Å². The second-order valence-electron chi connectivity index (χ2n) is 6.64. The Kier molecular flexibility index (Phi) is 5.03. The standard InChI is InChI=1S/C22H20FN3O3/c1-28-17-10-16(11-18(12-17)29-2)25-21-20-19(4-3-9-24-20)22(27)26(21)13-14-5-7-15(23)8-6-14/h3-12,21,25H,13H2,1-2H3/t21-/m0/s1. The van der Waals surface area contributed by atoms with E-state index in [1.54, 1.807) is 55.6 Å². The smallest absolute Gasteiger partial charge is 0.258 e. The van der Waals surface area contributed by atoms with E-state index in [9.17, 15) is 9.18 Å². The zero-order valence-corrected chi connectivity index (χ0v) is 16.1. The van der Waals surface area contributed by atoms with Gasteiger partial charge in [-0.15, -0.1) is 0 Å². The number of aromatic nitrogens is 1. The number of benzene rings is 2. The van der Waals surface area contributed by atoms with Crippen molar-refractivity contribution < 1.29 is 18.7 Å². The first-order valence-electron chi connectivity index (χ1n) is 9.09. The number of pyridine rings is 1. The summed E-state index contributed by atoms with van der Waals surface area (Å²) >= 11 is 0. The van der Waals surface area contributed by atoms with E-state index in [1.165, 1.54) is 12.1 Å². The number of methoxy groups -OCH3 is 2. The van der Waals surface area contributed by atoms with Gasteiger partial charge in [-0.05, 0) is 29.8 Å². The fraction of sp³-hybridized carbons (Fsp3) is 0.182. The molecule has 1 aliphatic heterocycles. The Hall–Kier alpha value is -3.61. The van der Waals surface area contributed by atoms with Crippen LogP contribution in [0.25, 0.3) is 0 Å². The van der Waals surface area contributed by atoms with Crippen molar-refractivity contribution in [3.63, 3.8) is 0 Å². The van der Waals surface area contributed by atoms with Crippen molar-refractivity contribution in [3.8, 4) is 11.5 Å². The molecule has 1 aromatic heterocycles. The number of hydrogen-bond acceptors (Lipinski definition) is 5. The summed E-state index contributed by atoms with van der Waals surface area (Å²) < 4.78 is 23.9. The highest BCUT2D eigenvalue weighted by atomic mass is 19.1. The molecule has 6 nitrogen and oxygen atoms in total. The molecule has 1 aliphatic rings. The lowest BCUT2D eigenvalue weighted by molar-refractivity contribution is 0.0728. The van der Waals surface area contributed by atoms with Gasteiger partial charge in [-0.1, -0.05) is 12.1 Å². The van der Waals surface area contributed by atoms with E-state index in [0.717, 1.165) is 11.3 Å². The van der Waals surface area contributed by atoms with Gasteiger partial charge in [-0.25, -0.2) is 4.39 Å². The average molecular weight is 393 g/mol. The summed E-state index contributed by atoms with van der Waals surface area (Å²) in [6.45, 7) is 0.314. The zero-order chi connectivity index (χ0) is 20.4. The van der Waals surface area contributed by atoms with Crippen LogP contribution in [-0.4, -0.2) is 30.0 Å². The number of anilines is 1. The van der Waals surface area contributed by atoms with Gasteiger partial charge in [0.05, 0.1) is 25.5 Å². The van der Waals surface area contributed by atoms with Crippen LogP contribution in [0.2, 0.25) is 0 Å². The molecule has 1 amide bonds. The quantitative estimate of drug-likeness (QED) is 0.686. The molecule has 148 valence electrons. The van der Waals surface area contributed by atoms with Gasteiger partial charge in [0.15, 0.2) is 0 Å². The molecule has 0 aliphatic carbocycles. The highest BCUT2D eigenvalue weighted by molar-refractivity contribution is 5.98. The van der Waals surface area contributed by atoms with Crippen molar-refractivity contribution in [2.45, 2.75) is 12.7 Å². The fourth-order valence-electron chi connectivity index (χ4n) is 3.38. The van der Waals surface area contributed by atoms with E-state index in [2.05, 4.69) is 10.3 Å². The molecule has 0 fully saturated rings. The van der Waals surface area contributed by atoms with Gasteiger partial charge in [0, 0.05) is 36.6 Å². The van der Waals surface area contributed by atoms with E-state index >= 15 is 0 Å². The Morgan fingerprint density at radius 1 is 1.07 bits per heavy atom. The van der Waals surface area contributed by atoms with Crippen LogP contribution in [0, 0.1) is 5.82 Å². The lowest BCUT2D eigenvalue weighted by Crippen LogP contribution is -2.32.